The predicted molar refractivity (Wildman–Crippen MR) is 59.1 cm³/mol. The average Bonchev–Trinajstić information content (AvgIpc) is 2.58. The van der Waals surface area contributed by atoms with Crippen molar-refractivity contribution in [3.8, 4) is 0 Å². The van der Waals surface area contributed by atoms with E-state index in [1.807, 2.05) is 0 Å². The Bertz CT molecular complexity index is 168. The summed E-state index contributed by atoms with van der Waals surface area (Å²) in [5, 5.41) is 2.89. The third-order valence-electron chi connectivity index (χ3n) is 3.03. The van der Waals surface area contributed by atoms with E-state index in [-0.39, 0.29) is 5.91 Å². The van der Waals surface area contributed by atoms with E-state index in [9.17, 15) is 4.79 Å². The molecule has 1 N–H and O–H groups in total. The van der Waals surface area contributed by atoms with Crippen molar-refractivity contribution >= 4 is 5.91 Å². The van der Waals surface area contributed by atoms with Crippen LogP contribution in [0.3, 0.4) is 0 Å². The highest BCUT2D eigenvalue weighted by molar-refractivity contribution is 5.78. The Kier molecular flexibility index (Phi) is 5.65. The van der Waals surface area contributed by atoms with Crippen LogP contribution in [0.15, 0.2) is 0 Å². The van der Waals surface area contributed by atoms with Gasteiger partial charge in [0.05, 0.1) is 0 Å². The summed E-state index contributed by atoms with van der Waals surface area (Å²) in [6.07, 6.45) is 10.1. The Labute approximate surface area is 87.5 Å². The third kappa shape index (κ3) is 4.64. The molecule has 1 rings (SSSR count). The lowest BCUT2D eigenvalue weighted by atomic mass is 9.99. The average molecular weight is 197 g/mol. The standard InChI is InChI=1S/C12H23NO/c1-2-3-4-5-6-7-8-11-9-12(14)13-10-11/h11H,2-10H2,1H3,(H,13,14). The summed E-state index contributed by atoms with van der Waals surface area (Å²) in [4.78, 5) is 10.9. The van der Waals surface area contributed by atoms with Gasteiger partial charge in [0, 0.05) is 13.0 Å². The second-order valence-electron chi connectivity index (χ2n) is 4.43. The van der Waals surface area contributed by atoms with E-state index in [0.29, 0.717) is 5.92 Å². The summed E-state index contributed by atoms with van der Waals surface area (Å²) in [5.74, 6) is 0.884. The Morgan fingerprint density at radius 2 is 1.93 bits per heavy atom. The van der Waals surface area contributed by atoms with Crippen molar-refractivity contribution in [1.29, 1.82) is 0 Å². The lowest BCUT2D eigenvalue weighted by molar-refractivity contribution is -0.119. The van der Waals surface area contributed by atoms with Crippen molar-refractivity contribution in [3.63, 3.8) is 0 Å². The summed E-state index contributed by atoms with van der Waals surface area (Å²) in [6.45, 7) is 3.17. The summed E-state index contributed by atoms with van der Waals surface area (Å²) < 4.78 is 0. The van der Waals surface area contributed by atoms with Crippen molar-refractivity contribution < 1.29 is 4.79 Å². The Morgan fingerprint density at radius 1 is 1.21 bits per heavy atom. The van der Waals surface area contributed by atoms with Crippen LogP contribution < -0.4 is 5.32 Å². The molecule has 1 fully saturated rings. The van der Waals surface area contributed by atoms with Gasteiger partial charge in [0.2, 0.25) is 5.91 Å². The van der Waals surface area contributed by atoms with Crippen molar-refractivity contribution in [2.24, 2.45) is 5.92 Å². The molecule has 0 saturated carbocycles. The molecule has 0 spiro atoms. The zero-order valence-electron chi connectivity index (χ0n) is 9.35. The first-order valence-electron chi connectivity index (χ1n) is 6.09. The van der Waals surface area contributed by atoms with Gasteiger partial charge in [0.15, 0.2) is 0 Å². The Morgan fingerprint density at radius 3 is 2.57 bits per heavy atom. The normalized spacial score (nSPS) is 21.2. The molecule has 2 nitrogen and oxygen atoms in total. The van der Waals surface area contributed by atoms with Gasteiger partial charge >= 0.3 is 0 Å². The molecule has 0 aromatic carbocycles. The molecule has 1 heterocycles. The van der Waals surface area contributed by atoms with E-state index in [1.54, 1.807) is 0 Å². The van der Waals surface area contributed by atoms with Crippen LogP contribution in [0.2, 0.25) is 0 Å². The van der Waals surface area contributed by atoms with Gasteiger partial charge in [-0.05, 0) is 12.3 Å². The highest BCUT2D eigenvalue weighted by atomic mass is 16.1. The van der Waals surface area contributed by atoms with Gasteiger partial charge in [-0.1, -0.05) is 45.4 Å². The lowest BCUT2D eigenvalue weighted by Gasteiger charge is -2.05. The van der Waals surface area contributed by atoms with E-state index in [4.69, 9.17) is 0 Å². The van der Waals surface area contributed by atoms with Crippen molar-refractivity contribution in [2.45, 2.75) is 58.3 Å². The van der Waals surface area contributed by atoms with Gasteiger partial charge in [-0.15, -0.1) is 0 Å². The smallest absolute Gasteiger partial charge is 0.220 e. The van der Waals surface area contributed by atoms with Crippen LogP contribution in [-0.4, -0.2) is 12.5 Å². The first-order chi connectivity index (χ1) is 6.83. The molecular formula is C12H23NO. The minimum Gasteiger partial charge on any atom is -0.356 e. The molecule has 2 heteroatoms. The minimum atomic E-state index is 0.251. The lowest BCUT2D eigenvalue weighted by Crippen LogP contribution is -2.13. The largest absolute Gasteiger partial charge is 0.356 e. The van der Waals surface area contributed by atoms with Gasteiger partial charge in [-0.3, -0.25) is 4.79 Å². The van der Waals surface area contributed by atoms with Crippen molar-refractivity contribution in [1.82, 2.24) is 5.32 Å². The summed E-state index contributed by atoms with van der Waals surface area (Å²) in [6, 6.07) is 0. The fourth-order valence-corrected chi connectivity index (χ4v) is 2.08. The van der Waals surface area contributed by atoms with E-state index < -0.39 is 0 Å². The molecule has 1 aliphatic rings. The molecular weight excluding hydrogens is 174 g/mol. The molecule has 1 unspecified atom stereocenters. The fourth-order valence-electron chi connectivity index (χ4n) is 2.08. The first kappa shape index (κ1) is 11.5. The van der Waals surface area contributed by atoms with Gasteiger partial charge in [-0.2, -0.15) is 0 Å². The van der Waals surface area contributed by atoms with Gasteiger partial charge in [0.1, 0.15) is 0 Å². The number of amides is 1. The van der Waals surface area contributed by atoms with Crippen LogP contribution in [-0.2, 0) is 4.79 Å². The topological polar surface area (TPSA) is 29.1 Å². The molecule has 0 radical (unpaired) electrons. The second kappa shape index (κ2) is 6.86. The van der Waals surface area contributed by atoms with E-state index in [0.717, 1.165) is 13.0 Å². The van der Waals surface area contributed by atoms with Gasteiger partial charge < -0.3 is 5.32 Å². The third-order valence-corrected chi connectivity index (χ3v) is 3.03. The highest BCUT2D eigenvalue weighted by Crippen LogP contribution is 2.17. The number of carbonyl (C=O) groups is 1. The Hall–Kier alpha value is -0.530. The number of nitrogens with one attached hydrogen (secondary N) is 1. The van der Waals surface area contributed by atoms with Crippen molar-refractivity contribution in [3.05, 3.63) is 0 Å². The summed E-state index contributed by atoms with van der Waals surface area (Å²) in [7, 11) is 0. The highest BCUT2D eigenvalue weighted by Gasteiger charge is 2.20. The molecule has 14 heavy (non-hydrogen) atoms. The van der Waals surface area contributed by atoms with Crippen LogP contribution >= 0.6 is 0 Å². The molecule has 82 valence electrons. The molecule has 1 aliphatic heterocycles. The summed E-state index contributed by atoms with van der Waals surface area (Å²) in [5.41, 5.74) is 0. The quantitative estimate of drug-likeness (QED) is 0.625. The molecule has 0 bridgehead atoms. The Balaban J connectivity index is 1.86. The van der Waals surface area contributed by atoms with Crippen molar-refractivity contribution in [2.75, 3.05) is 6.54 Å². The van der Waals surface area contributed by atoms with E-state index in [2.05, 4.69) is 12.2 Å². The second-order valence-corrected chi connectivity index (χ2v) is 4.43. The first-order valence-corrected chi connectivity index (χ1v) is 6.09. The van der Waals surface area contributed by atoms with Crippen LogP contribution in [0.5, 0.6) is 0 Å². The monoisotopic (exact) mass is 197 g/mol. The zero-order chi connectivity index (χ0) is 10.2. The maximum atomic E-state index is 10.9. The number of unbranched alkanes of at least 4 members (excludes halogenated alkanes) is 5. The maximum Gasteiger partial charge on any atom is 0.220 e. The molecule has 0 aromatic heterocycles. The number of carbonyl (C=O) groups excluding carboxylic acids is 1. The number of rotatable bonds is 7. The molecule has 0 aromatic rings. The van der Waals surface area contributed by atoms with E-state index in [1.165, 1.54) is 44.9 Å². The SMILES string of the molecule is CCCCCCCCC1CNC(=O)C1. The van der Waals surface area contributed by atoms with Crippen LogP contribution in [0, 0.1) is 5.92 Å². The van der Waals surface area contributed by atoms with Crippen LogP contribution in [0.1, 0.15) is 58.3 Å². The minimum absolute atomic E-state index is 0.251. The van der Waals surface area contributed by atoms with Gasteiger partial charge in [-0.25, -0.2) is 0 Å². The van der Waals surface area contributed by atoms with Crippen LogP contribution in [0.25, 0.3) is 0 Å². The fraction of sp³-hybridized carbons (Fsp3) is 0.917. The number of hydrogen-bond donors (Lipinski definition) is 1. The maximum absolute atomic E-state index is 10.9. The summed E-state index contributed by atoms with van der Waals surface area (Å²) >= 11 is 0. The van der Waals surface area contributed by atoms with E-state index >= 15 is 0 Å². The number of hydrogen-bond acceptors (Lipinski definition) is 1. The van der Waals surface area contributed by atoms with Gasteiger partial charge in [0.25, 0.3) is 0 Å². The molecule has 1 amide bonds. The predicted octanol–water partition coefficient (Wildman–Crippen LogP) is 2.87. The molecule has 1 atom stereocenters. The zero-order valence-corrected chi connectivity index (χ0v) is 9.35. The molecule has 1 saturated heterocycles. The molecule has 0 aliphatic carbocycles. The van der Waals surface area contributed by atoms with Crippen LogP contribution in [0.4, 0.5) is 0 Å².